The van der Waals surface area contributed by atoms with Crippen molar-refractivity contribution in [3.63, 3.8) is 0 Å². The van der Waals surface area contributed by atoms with Crippen LogP contribution in [0.1, 0.15) is 25.3 Å². The van der Waals surface area contributed by atoms with Gasteiger partial charge in [0.1, 0.15) is 9.84 Å². The van der Waals surface area contributed by atoms with Gasteiger partial charge in [0, 0.05) is 25.9 Å². The summed E-state index contributed by atoms with van der Waals surface area (Å²) >= 11 is 0. The molecule has 0 bridgehead atoms. The Kier molecular flexibility index (Phi) is 9.48. The number of likely N-dealkylation sites (tertiary alicyclic amines) is 1. The Morgan fingerprint density at radius 1 is 1.24 bits per heavy atom. The van der Waals surface area contributed by atoms with Crippen LogP contribution in [-0.2, 0) is 9.84 Å². The van der Waals surface area contributed by atoms with Crippen molar-refractivity contribution in [3.8, 4) is 0 Å². The number of nitrogens with zero attached hydrogens (tertiary/aromatic N) is 2. The third kappa shape index (κ3) is 8.22. The number of nitrogens with one attached hydrogen (secondary N) is 1. The monoisotopic (exact) mass is 477 g/mol. The summed E-state index contributed by atoms with van der Waals surface area (Å²) in [4.78, 5) is 6.68. The molecular weight excluding hydrogens is 449 g/mol. The van der Waals surface area contributed by atoms with Crippen LogP contribution in [0.3, 0.4) is 0 Å². The molecule has 0 radical (unpaired) electrons. The van der Waals surface area contributed by atoms with Crippen LogP contribution in [0.4, 0.5) is 0 Å². The highest BCUT2D eigenvalue weighted by molar-refractivity contribution is 14.0. The van der Waals surface area contributed by atoms with E-state index in [0.717, 1.165) is 38.4 Å². The zero-order valence-electron chi connectivity index (χ0n) is 14.9. The fourth-order valence-corrected chi connectivity index (χ4v) is 3.10. The fourth-order valence-electron chi connectivity index (χ4n) is 2.68. The fraction of sp³-hybridized carbons (Fsp3) is 0.500. The number of guanidine groups is 1. The van der Waals surface area contributed by atoms with Crippen molar-refractivity contribution in [2.75, 3.05) is 38.2 Å². The topological polar surface area (TPSA) is 61.8 Å². The standard InChI is InChI=1S/C18H27N3O2S.HI/c1-3-19-18(20-11-14-24(2,22)23)21-12-9-17(10-13-21)15-16-7-5-4-6-8-16;/h4-8,15H,3,9-14H2,1-2H3,(H,19,20);1H. The van der Waals surface area contributed by atoms with Crippen LogP contribution >= 0.6 is 24.0 Å². The molecule has 1 aliphatic rings. The summed E-state index contributed by atoms with van der Waals surface area (Å²) in [6, 6.07) is 10.4. The van der Waals surface area contributed by atoms with Crippen LogP contribution in [0.5, 0.6) is 0 Å². The summed E-state index contributed by atoms with van der Waals surface area (Å²) < 4.78 is 22.5. The maximum absolute atomic E-state index is 11.3. The predicted octanol–water partition coefficient (Wildman–Crippen LogP) is 2.79. The van der Waals surface area contributed by atoms with Gasteiger partial charge in [0.25, 0.3) is 0 Å². The van der Waals surface area contributed by atoms with Crippen LogP contribution < -0.4 is 5.32 Å². The first-order chi connectivity index (χ1) is 11.5. The van der Waals surface area contributed by atoms with Gasteiger partial charge in [-0.3, -0.25) is 4.99 Å². The molecule has 1 N–H and O–H groups in total. The Hall–Kier alpha value is -1.09. The third-order valence-corrected chi connectivity index (χ3v) is 4.86. The minimum Gasteiger partial charge on any atom is -0.357 e. The van der Waals surface area contributed by atoms with Gasteiger partial charge in [-0.1, -0.05) is 42.0 Å². The van der Waals surface area contributed by atoms with Crippen molar-refractivity contribution in [1.82, 2.24) is 10.2 Å². The normalized spacial score (nSPS) is 15.5. The van der Waals surface area contributed by atoms with E-state index >= 15 is 0 Å². The number of piperidine rings is 1. The molecule has 1 heterocycles. The lowest BCUT2D eigenvalue weighted by atomic mass is 10.0. The highest BCUT2D eigenvalue weighted by atomic mass is 127. The van der Waals surface area contributed by atoms with Crippen LogP contribution in [0, 0.1) is 0 Å². The summed E-state index contributed by atoms with van der Waals surface area (Å²) in [5.74, 6) is 0.912. The van der Waals surface area contributed by atoms with Crippen molar-refractivity contribution in [2.24, 2.45) is 4.99 Å². The smallest absolute Gasteiger partial charge is 0.193 e. The van der Waals surface area contributed by atoms with E-state index in [-0.39, 0.29) is 29.7 Å². The number of sulfone groups is 1. The molecule has 7 heteroatoms. The largest absolute Gasteiger partial charge is 0.357 e. The van der Waals surface area contributed by atoms with Crippen molar-refractivity contribution in [3.05, 3.63) is 41.5 Å². The van der Waals surface area contributed by atoms with Crippen LogP contribution in [0.15, 0.2) is 40.9 Å². The highest BCUT2D eigenvalue weighted by Crippen LogP contribution is 2.19. The average molecular weight is 477 g/mol. The molecule has 0 saturated carbocycles. The summed E-state index contributed by atoms with van der Waals surface area (Å²) in [5.41, 5.74) is 2.69. The molecule has 0 unspecified atom stereocenters. The van der Waals surface area contributed by atoms with Crippen molar-refractivity contribution >= 4 is 45.8 Å². The van der Waals surface area contributed by atoms with Crippen LogP contribution in [0.25, 0.3) is 6.08 Å². The SMILES string of the molecule is CCNC(=NCCS(C)(=O)=O)N1CCC(=Cc2ccccc2)CC1.I. The second kappa shape index (κ2) is 10.8. The first-order valence-electron chi connectivity index (χ1n) is 8.43. The lowest BCUT2D eigenvalue weighted by Crippen LogP contribution is -2.44. The van der Waals surface area contributed by atoms with Crippen molar-refractivity contribution in [1.29, 1.82) is 0 Å². The van der Waals surface area contributed by atoms with Gasteiger partial charge in [0.15, 0.2) is 5.96 Å². The average Bonchev–Trinajstić information content (AvgIpc) is 2.55. The first-order valence-corrected chi connectivity index (χ1v) is 10.5. The van der Waals surface area contributed by atoms with E-state index < -0.39 is 9.84 Å². The number of rotatable bonds is 5. The Morgan fingerprint density at radius 2 is 1.88 bits per heavy atom. The molecular formula is C18H28IN3O2S. The second-order valence-corrected chi connectivity index (χ2v) is 8.33. The molecule has 1 aliphatic heterocycles. The van der Waals surface area contributed by atoms with Gasteiger partial charge in [-0.2, -0.15) is 0 Å². The molecule has 1 aromatic rings. The molecule has 0 atom stereocenters. The van der Waals surface area contributed by atoms with E-state index in [2.05, 4.69) is 45.6 Å². The maximum Gasteiger partial charge on any atom is 0.193 e. The van der Waals surface area contributed by atoms with E-state index in [1.165, 1.54) is 17.4 Å². The summed E-state index contributed by atoms with van der Waals surface area (Å²) in [7, 11) is -2.97. The number of hydrogen-bond donors (Lipinski definition) is 1. The number of halogens is 1. The minimum atomic E-state index is -2.97. The van der Waals surface area contributed by atoms with Gasteiger partial charge in [0.05, 0.1) is 12.3 Å². The van der Waals surface area contributed by atoms with Crippen LogP contribution in [-0.4, -0.2) is 57.5 Å². The molecule has 0 amide bonds. The zero-order valence-corrected chi connectivity index (χ0v) is 18.1. The molecule has 25 heavy (non-hydrogen) atoms. The van der Waals surface area contributed by atoms with Crippen LogP contribution in [0.2, 0.25) is 0 Å². The van der Waals surface area contributed by atoms with E-state index in [9.17, 15) is 8.42 Å². The zero-order chi connectivity index (χ0) is 17.4. The lowest BCUT2D eigenvalue weighted by Gasteiger charge is -2.31. The molecule has 1 saturated heterocycles. The number of aliphatic imine (C=N–C) groups is 1. The Balaban J connectivity index is 0.00000312. The Bertz CT molecular complexity index is 678. The maximum atomic E-state index is 11.3. The third-order valence-electron chi connectivity index (χ3n) is 3.93. The first kappa shape index (κ1) is 22.0. The molecule has 2 rings (SSSR count). The van der Waals surface area contributed by atoms with Gasteiger partial charge >= 0.3 is 0 Å². The minimum absolute atomic E-state index is 0. The number of benzene rings is 1. The number of hydrogen-bond acceptors (Lipinski definition) is 3. The van der Waals surface area contributed by atoms with Gasteiger partial charge in [0.2, 0.25) is 0 Å². The van der Waals surface area contributed by atoms with Gasteiger partial charge in [-0.15, -0.1) is 24.0 Å². The summed E-state index contributed by atoms with van der Waals surface area (Å²) in [5, 5.41) is 3.26. The van der Waals surface area contributed by atoms with E-state index in [4.69, 9.17) is 0 Å². The Morgan fingerprint density at radius 3 is 2.44 bits per heavy atom. The van der Waals surface area contributed by atoms with Gasteiger partial charge < -0.3 is 10.2 Å². The molecule has 0 spiro atoms. The van der Waals surface area contributed by atoms with E-state index in [0.29, 0.717) is 6.54 Å². The van der Waals surface area contributed by atoms with E-state index in [1.54, 1.807) is 0 Å². The van der Waals surface area contributed by atoms with Crippen molar-refractivity contribution < 1.29 is 8.42 Å². The molecule has 5 nitrogen and oxygen atoms in total. The highest BCUT2D eigenvalue weighted by Gasteiger charge is 2.17. The second-order valence-electron chi connectivity index (χ2n) is 6.07. The lowest BCUT2D eigenvalue weighted by molar-refractivity contribution is 0.376. The quantitative estimate of drug-likeness (QED) is 0.403. The molecule has 1 aromatic carbocycles. The predicted molar refractivity (Wildman–Crippen MR) is 116 cm³/mol. The van der Waals surface area contributed by atoms with Crippen molar-refractivity contribution in [2.45, 2.75) is 19.8 Å². The van der Waals surface area contributed by atoms with Gasteiger partial charge in [-0.25, -0.2) is 8.42 Å². The molecule has 1 fully saturated rings. The summed E-state index contributed by atoms with van der Waals surface area (Å²) in [6.45, 7) is 4.93. The Labute approximate surface area is 168 Å². The van der Waals surface area contributed by atoms with Gasteiger partial charge in [-0.05, 0) is 25.3 Å². The molecule has 0 aliphatic carbocycles. The van der Waals surface area contributed by atoms with E-state index in [1.807, 2.05) is 13.0 Å². The summed E-state index contributed by atoms with van der Waals surface area (Å²) in [6.07, 6.45) is 5.53. The molecule has 140 valence electrons. The molecule has 0 aromatic heterocycles.